The minimum Gasteiger partial charge on any atom is -0.380 e. The van der Waals surface area contributed by atoms with Crippen LogP contribution in [0.25, 0.3) is 0 Å². The lowest BCUT2D eigenvalue weighted by Gasteiger charge is -2.56. The van der Waals surface area contributed by atoms with Crippen molar-refractivity contribution < 1.29 is 14.7 Å². The van der Waals surface area contributed by atoms with E-state index >= 15 is 0 Å². The second-order valence-corrected chi connectivity index (χ2v) is 9.08. The zero-order chi connectivity index (χ0) is 21.8. The van der Waals surface area contributed by atoms with E-state index in [0.29, 0.717) is 11.8 Å². The molecule has 2 aromatic carbocycles. The standard InChI is InChI=1S/C24H32N4O3/c1-26(2)13-3-4-23(29)28(30)14-19-5-7-20(8-6-19)25-21-9-11-22(12-10-21)27-15-24(16-27)17-31-18-24/h5-12,25,30H,3-4,13-18H2,1-2H3. The molecule has 2 aromatic rings. The normalized spacial score (nSPS) is 16.7. The number of hydrogen-bond donors (Lipinski definition) is 2. The van der Waals surface area contributed by atoms with Crippen LogP contribution in [0.1, 0.15) is 18.4 Å². The quantitative estimate of drug-likeness (QED) is 0.475. The Balaban J connectivity index is 1.24. The van der Waals surface area contributed by atoms with Gasteiger partial charge in [-0.05, 0) is 69.0 Å². The van der Waals surface area contributed by atoms with Gasteiger partial charge in [0.2, 0.25) is 5.91 Å². The topological polar surface area (TPSA) is 68.3 Å². The first kappa shape index (κ1) is 21.6. The van der Waals surface area contributed by atoms with E-state index in [1.807, 2.05) is 43.3 Å². The zero-order valence-corrected chi connectivity index (χ0v) is 18.4. The molecule has 2 fully saturated rings. The molecule has 0 aromatic heterocycles. The average molecular weight is 425 g/mol. The first-order chi connectivity index (χ1) is 14.9. The largest absolute Gasteiger partial charge is 0.380 e. The highest BCUT2D eigenvalue weighted by Crippen LogP contribution is 2.40. The number of benzene rings is 2. The molecule has 2 N–H and O–H groups in total. The molecule has 0 radical (unpaired) electrons. The molecule has 2 saturated heterocycles. The summed E-state index contributed by atoms with van der Waals surface area (Å²) in [6.45, 7) is 4.99. The molecule has 7 nitrogen and oxygen atoms in total. The Morgan fingerprint density at radius 3 is 2.23 bits per heavy atom. The highest BCUT2D eigenvalue weighted by Gasteiger charge is 2.48. The van der Waals surface area contributed by atoms with E-state index in [1.54, 1.807) is 0 Å². The Morgan fingerprint density at radius 1 is 1.06 bits per heavy atom. The summed E-state index contributed by atoms with van der Waals surface area (Å²) < 4.78 is 5.34. The lowest BCUT2D eigenvalue weighted by atomic mass is 9.78. The van der Waals surface area contributed by atoms with Crippen LogP contribution in [0.15, 0.2) is 48.5 Å². The van der Waals surface area contributed by atoms with E-state index in [2.05, 4.69) is 34.5 Å². The van der Waals surface area contributed by atoms with E-state index in [4.69, 9.17) is 4.74 Å². The summed E-state index contributed by atoms with van der Waals surface area (Å²) in [5.41, 5.74) is 4.54. The Bertz CT molecular complexity index is 871. The molecule has 0 bridgehead atoms. The third-order valence-electron chi connectivity index (χ3n) is 5.96. The summed E-state index contributed by atoms with van der Waals surface area (Å²) in [7, 11) is 3.94. The molecule has 4 rings (SSSR count). The van der Waals surface area contributed by atoms with Crippen LogP contribution in [0, 0.1) is 5.41 Å². The number of amides is 1. The third-order valence-corrected chi connectivity index (χ3v) is 5.96. The second kappa shape index (κ2) is 9.26. The Labute approximate surface area is 184 Å². The summed E-state index contributed by atoms with van der Waals surface area (Å²) in [6.07, 6.45) is 1.08. The van der Waals surface area contributed by atoms with Crippen LogP contribution in [-0.4, -0.2) is 68.0 Å². The number of anilines is 3. The van der Waals surface area contributed by atoms with Crippen molar-refractivity contribution in [3.63, 3.8) is 0 Å². The SMILES string of the molecule is CN(C)CCCC(=O)N(O)Cc1ccc(Nc2ccc(N3CC4(COC4)C3)cc2)cc1. The molecule has 0 atom stereocenters. The maximum absolute atomic E-state index is 12.0. The third kappa shape index (κ3) is 5.36. The van der Waals surface area contributed by atoms with E-state index in [-0.39, 0.29) is 12.5 Å². The molecule has 0 saturated carbocycles. The fourth-order valence-corrected chi connectivity index (χ4v) is 4.07. The van der Waals surface area contributed by atoms with Gasteiger partial charge in [-0.2, -0.15) is 0 Å². The minimum absolute atomic E-state index is 0.193. The molecule has 2 aliphatic heterocycles. The van der Waals surface area contributed by atoms with E-state index in [0.717, 1.165) is 61.3 Å². The lowest BCUT2D eigenvalue weighted by Crippen LogP contribution is -2.66. The summed E-state index contributed by atoms with van der Waals surface area (Å²) in [5, 5.41) is 14.2. The maximum Gasteiger partial charge on any atom is 0.246 e. The van der Waals surface area contributed by atoms with E-state index in [1.165, 1.54) is 5.69 Å². The van der Waals surface area contributed by atoms with Crippen molar-refractivity contribution >= 4 is 23.0 Å². The van der Waals surface area contributed by atoms with Gasteiger partial charge in [0.25, 0.3) is 0 Å². The van der Waals surface area contributed by atoms with Crippen molar-refractivity contribution in [1.29, 1.82) is 0 Å². The summed E-state index contributed by atoms with van der Waals surface area (Å²) in [5.74, 6) is -0.248. The molecule has 0 aliphatic carbocycles. The van der Waals surface area contributed by atoms with Crippen LogP contribution in [0.5, 0.6) is 0 Å². The Morgan fingerprint density at radius 2 is 1.68 bits per heavy atom. The summed E-state index contributed by atoms with van der Waals surface area (Å²) in [6, 6.07) is 16.2. The fourth-order valence-electron chi connectivity index (χ4n) is 4.07. The molecule has 2 aliphatic rings. The van der Waals surface area contributed by atoms with Crippen LogP contribution < -0.4 is 10.2 Å². The molecule has 1 amide bonds. The lowest BCUT2D eigenvalue weighted by molar-refractivity contribution is -0.168. The second-order valence-electron chi connectivity index (χ2n) is 9.08. The van der Waals surface area contributed by atoms with Crippen molar-refractivity contribution in [1.82, 2.24) is 9.96 Å². The predicted molar refractivity (Wildman–Crippen MR) is 122 cm³/mol. The number of rotatable bonds is 9. The molecular formula is C24H32N4O3. The van der Waals surface area contributed by atoms with Crippen LogP contribution in [0.4, 0.5) is 17.1 Å². The fraction of sp³-hybridized carbons (Fsp3) is 0.458. The molecule has 0 unspecified atom stereocenters. The van der Waals surface area contributed by atoms with E-state index < -0.39 is 0 Å². The van der Waals surface area contributed by atoms with Crippen molar-refractivity contribution in [3.05, 3.63) is 54.1 Å². The van der Waals surface area contributed by atoms with Crippen LogP contribution in [-0.2, 0) is 16.1 Å². The number of hydroxylamine groups is 2. The van der Waals surface area contributed by atoms with Crippen molar-refractivity contribution in [2.45, 2.75) is 19.4 Å². The molecule has 1 spiro atoms. The average Bonchev–Trinajstić information content (AvgIpc) is 2.68. The number of hydrogen-bond acceptors (Lipinski definition) is 6. The predicted octanol–water partition coefficient (Wildman–Crippen LogP) is 3.33. The minimum atomic E-state index is -0.248. The van der Waals surface area contributed by atoms with Gasteiger partial charge >= 0.3 is 0 Å². The number of carbonyl (C=O) groups is 1. The first-order valence-corrected chi connectivity index (χ1v) is 10.9. The van der Waals surface area contributed by atoms with Crippen molar-refractivity contribution in [2.24, 2.45) is 5.41 Å². The van der Waals surface area contributed by atoms with E-state index in [9.17, 15) is 10.0 Å². The van der Waals surface area contributed by atoms with Gasteiger partial charge in [0.05, 0.1) is 25.2 Å². The highest BCUT2D eigenvalue weighted by molar-refractivity contribution is 5.74. The number of ether oxygens (including phenoxy) is 1. The van der Waals surface area contributed by atoms with Crippen molar-refractivity contribution in [2.75, 3.05) is 57.2 Å². The smallest absolute Gasteiger partial charge is 0.246 e. The Hall–Kier alpha value is -2.61. The first-order valence-electron chi connectivity index (χ1n) is 10.9. The molecule has 7 heteroatoms. The van der Waals surface area contributed by atoms with Gasteiger partial charge in [-0.1, -0.05) is 12.1 Å². The summed E-state index contributed by atoms with van der Waals surface area (Å²) in [4.78, 5) is 16.4. The molecule has 2 heterocycles. The van der Waals surface area contributed by atoms with Crippen LogP contribution in [0.2, 0.25) is 0 Å². The molecular weight excluding hydrogens is 392 g/mol. The zero-order valence-electron chi connectivity index (χ0n) is 18.4. The van der Waals surface area contributed by atoms with Gasteiger partial charge in [-0.3, -0.25) is 10.0 Å². The van der Waals surface area contributed by atoms with Crippen LogP contribution >= 0.6 is 0 Å². The Kier molecular flexibility index (Phi) is 6.46. The van der Waals surface area contributed by atoms with Crippen molar-refractivity contribution in [3.8, 4) is 0 Å². The van der Waals surface area contributed by atoms with Gasteiger partial charge < -0.3 is 19.9 Å². The van der Waals surface area contributed by atoms with Gasteiger partial charge in [-0.25, -0.2) is 5.06 Å². The van der Waals surface area contributed by atoms with Gasteiger partial charge in [0, 0.05) is 36.6 Å². The maximum atomic E-state index is 12.0. The number of carbonyl (C=O) groups excluding carboxylic acids is 1. The molecule has 31 heavy (non-hydrogen) atoms. The monoisotopic (exact) mass is 424 g/mol. The van der Waals surface area contributed by atoms with Crippen LogP contribution in [0.3, 0.4) is 0 Å². The highest BCUT2D eigenvalue weighted by atomic mass is 16.5. The molecule has 166 valence electrons. The van der Waals surface area contributed by atoms with Gasteiger partial charge in [0.1, 0.15) is 0 Å². The number of nitrogens with zero attached hydrogens (tertiary/aromatic N) is 3. The van der Waals surface area contributed by atoms with Gasteiger partial charge in [-0.15, -0.1) is 0 Å². The van der Waals surface area contributed by atoms with Gasteiger partial charge in [0.15, 0.2) is 0 Å². The number of nitrogens with one attached hydrogen (secondary N) is 1. The summed E-state index contributed by atoms with van der Waals surface area (Å²) >= 11 is 0.